The van der Waals surface area contributed by atoms with E-state index in [1.165, 1.54) is 29.5 Å². The zero-order valence-corrected chi connectivity index (χ0v) is 14.8. The standard InChI is InChI=1S/C18H29NOSi/c1-4-21(5-2,6-3)20-18-12-14-19(15-13-18)16-17-10-8-7-9-11-17/h7-12H,4-6,13-16H2,1-3H3. The smallest absolute Gasteiger partial charge is 0.250 e. The Morgan fingerprint density at radius 2 is 1.71 bits per heavy atom. The summed E-state index contributed by atoms with van der Waals surface area (Å²) in [6.45, 7) is 10.1. The van der Waals surface area contributed by atoms with Crippen LogP contribution in [0.3, 0.4) is 0 Å². The number of rotatable bonds is 7. The molecule has 1 aromatic carbocycles. The van der Waals surface area contributed by atoms with Gasteiger partial charge in [-0.1, -0.05) is 51.1 Å². The van der Waals surface area contributed by atoms with E-state index in [1.54, 1.807) is 0 Å². The molecule has 0 bridgehead atoms. The molecule has 0 saturated heterocycles. The molecule has 0 fully saturated rings. The Balaban J connectivity index is 1.90. The summed E-state index contributed by atoms with van der Waals surface area (Å²) in [5, 5.41) is 0. The van der Waals surface area contributed by atoms with E-state index in [4.69, 9.17) is 4.43 Å². The van der Waals surface area contributed by atoms with Crippen molar-refractivity contribution < 1.29 is 4.43 Å². The van der Waals surface area contributed by atoms with E-state index in [2.05, 4.69) is 62.1 Å². The van der Waals surface area contributed by atoms with Gasteiger partial charge >= 0.3 is 0 Å². The molecule has 0 saturated carbocycles. The molecule has 0 N–H and O–H groups in total. The van der Waals surface area contributed by atoms with Crippen LogP contribution < -0.4 is 0 Å². The second kappa shape index (κ2) is 7.81. The van der Waals surface area contributed by atoms with Crippen LogP contribution in [0.5, 0.6) is 0 Å². The molecule has 1 aliphatic rings. The van der Waals surface area contributed by atoms with Crippen LogP contribution in [0.15, 0.2) is 42.2 Å². The van der Waals surface area contributed by atoms with Gasteiger partial charge in [-0.05, 0) is 29.8 Å². The van der Waals surface area contributed by atoms with Gasteiger partial charge in [0.05, 0.1) is 5.76 Å². The third-order valence-corrected chi connectivity index (χ3v) is 9.34. The molecule has 3 heteroatoms. The first-order valence-corrected chi connectivity index (χ1v) is 10.9. The van der Waals surface area contributed by atoms with Gasteiger partial charge in [-0.25, -0.2) is 0 Å². The van der Waals surface area contributed by atoms with Crippen LogP contribution in [0, 0.1) is 0 Å². The van der Waals surface area contributed by atoms with Gasteiger partial charge in [-0.15, -0.1) is 0 Å². The summed E-state index contributed by atoms with van der Waals surface area (Å²) in [7, 11) is -1.49. The van der Waals surface area contributed by atoms with E-state index in [0.717, 1.165) is 26.1 Å². The molecule has 0 aliphatic carbocycles. The SMILES string of the molecule is CC[Si](CC)(CC)OC1=CCN(Cc2ccccc2)CC1. The van der Waals surface area contributed by atoms with E-state index in [-0.39, 0.29) is 0 Å². The fraction of sp³-hybridized carbons (Fsp3) is 0.556. The van der Waals surface area contributed by atoms with Gasteiger partial charge in [0.2, 0.25) is 8.32 Å². The average molecular weight is 304 g/mol. The van der Waals surface area contributed by atoms with Crippen LogP contribution in [-0.4, -0.2) is 26.3 Å². The van der Waals surface area contributed by atoms with Crippen molar-refractivity contribution in [2.75, 3.05) is 13.1 Å². The number of hydrogen-bond acceptors (Lipinski definition) is 2. The van der Waals surface area contributed by atoms with Gasteiger partial charge in [0.1, 0.15) is 0 Å². The highest BCUT2D eigenvalue weighted by Crippen LogP contribution is 2.27. The first kappa shape index (κ1) is 16.3. The highest BCUT2D eigenvalue weighted by molar-refractivity contribution is 6.73. The predicted molar refractivity (Wildman–Crippen MR) is 92.7 cm³/mol. The fourth-order valence-corrected chi connectivity index (χ4v) is 5.69. The molecule has 116 valence electrons. The van der Waals surface area contributed by atoms with Crippen molar-refractivity contribution in [2.24, 2.45) is 0 Å². The molecule has 2 rings (SSSR count). The van der Waals surface area contributed by atoms with Gasteiger partial charge < -0.3 is 4.43 Å². The van der Waals surface area contributed by atoms with Crippen molar-refractivity contribution >= 4 is 8.32 Å². The second-order valence-electron chi connectivity index (χ2n) is 5.99. The van der Waals surface area contributed by atoms with Crippen molar-refractivity contribution in [3.05, 3.63) is 47.7 Å². The third-order valence-electron chi connectivity index (χ3n) is 4.78. The topological polar surface area (TPSA) is 12.5 Å². The molecular weight excluding hydrogens is 274 g/mol. The molecule has 1 heterocycles. The molecule has 0 unspecified atom stereocenters. The van der Waals surface area contributed by atoms with Crippen molar-refractivity contribution in [1.29, 1.82) is 0 Å². The van der Waals surface area contributed by atoms with Gasteiger partial charge in [0.25, 0.3) is 0 Å². The largest absolute Gasteiger partial charge is 0.547 e. The average Bonchev–Trinajstić information content (AvgIpc) is 2.55. The second-order valence-corrected chi connectivity index (χ2v) is 10.7. The van der Waals surface area contributed by atoms with Gasteiger partial charge in [0, 0.05) is 26.1 Å². The summed E-state index contributed by atoms with van der Waals surface area (Å²) in [5.74, 6) is 1.26. The Hall–Kier alpha value is -1.06. The summed E-state index contributed by atoms with van der Waals surface area (Å²) >= 11 is 0. The highest BCUT2D eigenvalue weighted by atomic mass is 28.4. The zero-order valence-electron chi connectivity index (χ0n) is 13.8. The normalized spacial score (nSPS) is 16.6. The maximum Gasteiger partial charge on any atom is 0.250 e. The molecule has 0 spiro atoms. The predicted octanol–water partition coefficient (Wildman–Crippen LogP) is 4.80. The zero-order chi connectivity index (χ0) is 15.1. The fourth-order valence-electron chi connectivity index (χ4n) is 3.02. The summed E-state index contributed by atoms with van der Waals surface area (Å²) in [5.41, 5.74) is 1.40. The minimum atomic E-state index is -1.49. The monoisotopic (exact) mass is 303 g/mol. The van der Waals surface area contributed by atoms with Crippen molar-refractivity contribution in [3.8, 4) is 0 Å². The van der Waals surface area contributed by atoms with E-state index >= 15 is 0 Å². The number of benzene rings is 1. The van der Waals surface area contributed by atoms with Gasteiger partial charge in [0.15, 0.2) is 0 Å². The molecule has 0 radical (unpaired) electrons. The van der Waals surface area contributed by atoms with Crippen LogP contribution in [0.1, 0.15) is 32.8 Å². The maximum absolute atomic E-state index is 6.50. The van der Waals surface area contributed by atoms with Crippen LogP contribution in [-0.2, 0) is 11.0 Å². The minimum Gasteiger partial charge on any atom is -0.547 e. The lowest BCUT2D eigenvalue weighted by Crippen LogP contribution is -2.37. The molecule has 0 aromatic heterocycles. The molecule has 2 nitrogen and oxygen atoms in total. The van der Waals surface area contributed by atoms with E-state index in [1.807, 2.05) is 0 Å². The maximum atomic E-state index is 6.50. The van der Waals surface area contributed by atoms with Crippen LogP contribution >= 0.6 is 0 Å². The highest BCUT2D eigenvalue weighted by Gasteiger charge is 2.31. The molecule has 1 aliphatic heterocycles. The Morgan fingerprint density at radius 3 is 2.24 bits per heavy atom. The van der Waals surface area contributed by atoms with E-state index in [9.17, 15) is 0 Å². The van der Waals surface area contributed by atoms with Gasteiger partial charge in [-0.2, -0.15) is 0 Å². The lowest BCUT2D eigenvalue weighted by molar-refractivity contribution is 0.251. The first-order valence-electron chi connectivity index (χ1n) is 8.35. The van der Waals surface area contributed by atoms with E-state index < -0.39 is 8.32 Å². The summed E-state index contributed by atoms with van der Waals surface area (Å²) in [6, 6.07) is 14.4. The first-order chi connectivity index (χ1) is 10.2. The molecule has 0 atom stereocenters. The third kappa shape index (κ3) is 4.45. The molecular formula is C18H29NOSi. The Morgan fingerprint density at radius 1 is 1.05 bits per heavy atom. The summed E-state index contributed by atoms with van der Waals surface area (Å²) in [6.07, 6.45) is 3.39. The Bertz CT molecular complexity index is 445. The molecule has 21 heavy (non-hydrogen) atoms. The minimum absolute atomic E-state index is 1.02. The lowest BCUT2D eigenvalue weighted by atomic mass is 10.1. The molecule has 1 aromatic rings. The summed E-state index contributed by atoms with van der Waals surface area (Å²) < 4.78 is 6.50. The van der Waals surface area contributed by atoms with Crippen molar-refractivity contribution in [3.63, 3.8) is 0 Å². The summed E-state index contributed by atoms with van der Waals surface area (Å²) in [4.78, 5) is 2.50. The Kier molecular flexibility index (Phi) is 6.06. The molecule has 0 amide bonds. The Labute approximate surface area is 130 Å². The van der Waals surface area contributed by atoms with Crippen molar-refractivity contribution in [1.82, 2.24) is 4.90 Å². The quantitative estimate of drug-likeness (QED) is 0.671. The van der Waals surface area contributed by atoms with E-state index in [0.29, 0.717) is 0 Å². The van der Waals surface area contributed by atoms with Crippen LogP contribution in [0.25, 0.3) is 0 Å². The number of nitrogens with zero attached hydrogens (tertiary/aromatic N) is 1. The van der Waals surface area contributed by atoms with Crippen LogP contribution in [0.2, 0.25) is 18.1 Å². The van der Waals surface area contributed by atoms with Crippen molar-refractivity contribution in [2.45, 2.75) is 51.9 Å². The van der Waals surface area contributed by atoms with Gasteiger partial charge in [-0.3, -0.25) is 4.90 Å². The lowest BCUT2D eigenvalue weighted by Gasteiger charge is -2.34. The van der Waals surface area contributed by atoms with Crippen LogP contribution in [0.4, 0.5) is 0 Å². The number of hydrogen-bond donors (Lipinski definition) is 0.